The lowest BCUT2D eigenvalue weighted by atomic mass is 10.1. The fourth-order valence-corrected chi connectivity index (χ4v) is 3.10. The summed E-state index contributed by atoms with van der Waals surface area (Å²) in [6.45, 7) is 0. The molecule has 0 bridgehead atoms. The van der Waals surface area contributed by atoms with Gasteiger partial charge in [-0.1, -0.05) is 60.7 Å². The fraction of sp³-hybridized carbons (Fsp3) is 0.167. The molecule has 0 fully saturated rings. The number of hydrogen-bond acceptors (Lipinski definition) is 4. The maximum absolute atomic E-state index is 12.6. The molecule has 6 nitrogen and oxygen atoms in total. The summed E-state index contributed by atoms with van der Waals surface area (Å²) in [7, 11) is 2.99. The molecule has 3 aromatic rings. The van der Waals surface area contributed by atoms with Crippen molar-refractivity contribution in [2.45, 2.75) is 12.2 Å². The van der Waals surface area contributed by atoms with Crippen LogP contribution in [0.5, 0.6) is 0 Å². The van der Waals surface area contributed by atoms with Gasteiger partial charge in [0.25, 0.3) is 11.8 Å². The average Bonchev–Trinajstić information content (AvgIpc) is 2.78. The van der Waals surface area contributed by atoms with Gasteiger partial charge < -0.3 is 20.1 Å². The predicted molar refractivity (Wildman–Crippen MR) is 116 cm³/mol. The molecule has 0 aliphatic heterocycles. The van der Waals surface area contributed by atoms with Crippen molar-refractivity contribution in [3.63, 3.8) is 0 Å². The summed E-state index contributed by atoms with van der Waals surface area (Å²) < 4.78 is 10.7. The molecule has 0 spiro atoms. The molecular weight excluding hydrogens is 380 g/mol. The molecule has 30 heavy (non-hydrogen) atoms. The Hall–Kier alpha value is -3.48. The Morgan fingerprint density at radius 2 is 0.933 bits per heavy atom. The van der Waals surface area contributed by atoms with Gasteiger partial charge in [-0.25, -0.2) is 0 Å². The second-order valence-electron chi connectivity index (χ2n) is 6.61. The molecule has 0 heterocycles. The Bertz CT molecular complexity index is 879. The molecule has 0 saturated heterocycles. The van der Waals surface area contributed by atoms with E-state index in [1.54, 1.807) is 24.3 Å². The van der Waals surface area contributed by atoms with Gasteiger partial charge in [0.1, 0.15) is 0 Å². The molecule has 0 aromatic heterocycles. The van der Waals surface area contributed by atoms with E-state index in [4.69, 9.17) is 9.47 Å². The molecule has 2 amide bonds. The molecule has 3 rings (SSSR count). The number of nitrogens with one attached hydrogen (secondary N) is 2. The summed E-state index contributed by atoms with van der Waals surface area (Å²) >= 11 is 0. The maximum Gasteiger partial charge on any atom is 0.258 e. The van der Waals surface area contributed by atoms with Crippen LogP contribution in [0, 0.1) is 0 Å². The van der Waals surface area contributed by atoms with E-state index < -0.39 is 12.2 Å². The van der Waals surface area contributed by atoms with Crippen LogP contribution < -0.4 is 10.6 Å². The third kappa shape index (κ3) is 5.31. The van der Waals surface area contributed by atoms with Gasteiger partial charge in [-0.3, -0.25) is 9.59 Å². The first kappa shape index (κ1) is 21.2. The molecule has 0 aliphatic carbocycles. The van der Waals surface area contributed by atoms with E-state index in [2.05, 4.69) is 10.6 Å². The van der Waals surface area contributed by atoms with Gasteiger partial charge in [0.2, 0.25) is 0 Å². The molecule has 0 radical (unpaired) electrons. The number of carbonyl (C=O) groups is 2. The zero-order valence-corrected chi connectivity index (χ0v) is 16.9. The van der Waals surface area contributed by atoms with E-state index in [9.17, 15) is 9.59 Å². The van der Waals surface area contributed by atoms with Crippen molar-refractivity contribution in [3.05, 3.63) is 96.1 Å². The van der Waals surface area contributed by atoms with Gasteiger partial charge in [-0.15, -0.1) is 0 Å². The summed E-state index contributed by atoms with van der Waals surface area (Å²) in [5, 5.41) is 5.66. The van der Waals surface area contributed by atoms with Crippen LogP contribution in [-0.4, -0.2) is 26.0 Å². The maximum atomic E-state index is 12.6. The summed E-state index contributed by atoms with van der Waals surface area (Å²) in [5.41, 5.74) is 2.74. The zero-order chi connectivity index (χ0) is 21.3. The number of methoxy groups -OCH3 is 2. The number of anilines is 2. The largest absolute Gasteiger partial charge is 0.367 e. The van der Waals surface area contributed by atoms with Gasteiger partial charge in [0, 0.05) is 25.6 Å². The van der Waals surface area contributed by atoms with E-state index >= 15 is 0 Å². The van der Waals surface area contributed by atoms with E-state index in [1.165, 1.54) is 14.2 Å². The third-order valence-corrected chi connectivity index (χ3v) is 4.57. The molecule has 2 atom stereocenters. The van der Waals surface area contributed by atoms with Crippen LogP contribution in [0.15, 0.2) is 84.9 Å². The van der Waals surface area contributed by atoms with E-state index in [0.29, 0.717) is 11.4 Å². The van der Waals surface area contributed by atoms with Crippen molar-refractivity contribution < 1.29 is 19.1 Å². The molecule has 6 heteroatoms. The highest BCUT2D eigenvalue weighted by Gasteiger charge is 2.21. The Morgan fingerprint density at radius 1 is 0.600 bits per heavy atom. The number of benzene rings is 3. The highest BCUT2D eigenvalue weighted by molar-refractivity contribution is 5.96. The first-order chi connectivity index (χ1) is 14.6. The standard InChI is InChI=1S/C24H24N2O4/c1-29-21(17-9-5-3-6-10-17)23(27)25-19-13-15-20(16-14-19)26-24(28)22(30-2)18-11-7-4-8-12-18/h3-16,21-22H,1-2H3,(H,25,27)(H,26,28)/t21-,22+. The normalized spacial score (nSPS) is 12.6. The van der Waals surface area contributed by atoms with E-state index in [-0.39, 0.29) is 11.8 Å². The van der Waals surface area contributed by atoms with Crippen LogP contribution >= 0.6 is 0 Å². The second kappa shape index (κ2) is 10.3. The molecule has 0 saturated carbocycles. The summed E-state index contributed by atoms with van der Waals surface area (Å²) in [6.07, 6.45) is -1.42. The van der Waals surface area contributed by atoms with Crippen molar-refractivity contribution >= 4 is 23.2 Å². The van der Waals surface area contributed by atoms with Crippen molar-refractivity contribution in [3.8, 4) is 0 Å². The fourth-order valence-electron chi connectivity index (χ4n) is 3.10. The SMILES string of the molecule is CO[C@H](C(=O)Nc1ccc(NC(=O)[C@H](OC)c2ccccc2)cc1)c1ccccc1. The minimum Gasteiger partial charge on any atom is -0.367 e. The topological polar surface area (TPSA) is 76.7 Å². The van der Waals surface area contributed by atoms with Gasteiger partial charge in [-0.05, 0) is 35.4 Å². The van der Waals surface area contributed by atoms with Crippen LogP contribution in [0.2, 0.25) is 0 Å². The van der Waals surface area contributed by atoms with Crippen molar-refractivity contribution in [2.75, 3.05) is 24.9 Å². The van der Waals surface area contributed by atoms with Gasteiger partial charge in [0.15, 0.2) is 12.2 Å². The summed E-state index contributed by atoms with van der Waals surface area (Å²) in [4.78, 5) is 25.1. The smallest absolute Gasteiger partial charge is 0.258 e. The Balaban J connectivity index is 1.63. The molecule has 154 valence electrons. The molecule has 0 aliphatic rings. The first-order valence-electron chi connectivity index (χ1n) is 9.49. The minimum absolute atomic E-state index is 0.274. The second-order valence-corrected chi connectivity index (χ2v) is 6.61. The zero-order valence-electron chi connectivity index (χ0n) is 16.9. The highest BCUT2D eigenvalue weighted by Crippen LogP contribution is 2.22. The summed E-state index contributed by atoms with van der Waals surface area (Å²) in [6, 6.07) is 25.4. The van der Waals surface area contributed by atoms with E-state index in [0.717, 1.165) is 11.1 Å². The monoisotopic (exact) mass is 404 g/mol. The van der Waals surface area contributed by atoms with Gasteiger partial charge in [0.05, 0.1) is 0 Å². The number of carbonyl (C=O) groups excluding carboxylic acids is 2. The lowest BCUT2D eigenvalue weighted by Gasteiger charge is -2.17. The van der Waals surface area contributed by atoms with Gasteiger partial charge >= 0.3 is 0 Å². The number of amides is 2. The summed E-state index contributed by atoms with van der Waals surface area (Å²) in [5.74, 6) is -0.548. The van der Waals surface area contributed by atoms with Crippen LogP contribution in [0.25, 0.3) is 0 Å². The van der Waals surface area contributed by atoms with Crippen LogP contribution in [0.3, 0.4) is 0 Å². The van der Waals surface area contributed by atoms with Crippen LogP contribution in [0.4, 0.5) is 11.4 Å². The van der Waals surface area contributed by atoms with Crippen molar-refractivity contribution in [2.24, 2.45) is 0 Å². The Labute approximate surface area is 175 Å². The lowest BCUT2D eigenvalue weighted by Crippen LogP contribution is -2.23. The molecular formula is C24H24N2O4. The third-order valence-electron chi connectivity index (χ3n) is 4.57. The van der Waals surface area contributed by atoms with Crippen molar-refractivity contribution in [1.29, 1.82) is 0 Å². The number of ether oxygens (including phenoxy) is 2. The number of hydrogen-bond donors (Lipinski definition) is 2. The highest BCUT2D eigenvalue weighted by atomic mass is 16.5. The minimum atomic E-state index is -0.709. The van der Waals surface area contributed by atoms with E-state index in [1.807, 2.05) is 60.7 Å². The quantitative estimate of drug-likeness (QED) is 0.586. The molecule has 2 N–H and O–H groups in total. The number of rotatable bonds is 8. The van der Waals surface area contributed by atoms with Crippen LogP contribution in [0.1, 0.15) is 23.3 Å². The Morgan fingerprint density at radius 3 is 1.23 bits per heavy atom. The van der Waals surface area contributed by atoms with Gasteiger partial charge in [-0.2, -0.15) is 0 Å². The molecule has 0 unspecified atom stereocenters. The average molecular weight is 404 g/mol. The first-order valence-corrected chi connectivity index (χ1v) is 9.49. The molecule has 3 aromatic carbocycles. The lowest BCUT2D eigenvalue weighted by molar-refractivity contribution is -0.126. The Kier molecular flexibility index (Phi) is 7.32. The van der Waals surface area contributed by atoms with Crippen molar-refractivity contribution in [1.82, 2.24) is 0 Å². The predicted octanol–water partition coefficient (Wildman–Crippen LogP) is 4.34. The van der Waals surface area contributed by atoms with Crippen LogP contribution in [-0.2, 0) is 19.1 Å².